The molecule has 4 heterocycles. The number of allylic oxidation sites excluding steroid dienone is 2. The van der Waals surface area contributed by atoms with Crippen LogP contribution in [-0.2, 0) is 14.3 Å². The summed E-state index contributed by atoms with van der Waals surface area (Å²) in [6.07, 6.45) is 9.01. The van der Waals surface area contributed by atoms with E-state index >= 15 is 0 Å². The average Bonchev–Trinajstić information content (AvgIpc) is 3.50. The summed E-state index contributed by atoms with van der Waals surface area (Å²) in [6, 6.07) is 7.45. The molecule has 1 aromatic carbocycles. The standard InChI is InChI=1S/C31H40N6O4/c1-20(27(18-38)21(2)39)26-16-32-31(35-30(26)33-22-5-3-4-6-22)34-23-7-8-28-29(15-23)41-19-25-17-36(11-12-37(25)28)24-9-13-40-14-10-24/h7-8,15-16,18,22,24-25H,3-6,9-14,17,19H2,1-2H3,(H2,32,33,34,35)/b27-20+/t25-/m0/s1. The summed E-state index contributed by atoms with van der Waals surface area (Å²) in [5.41, 5.74) is 3.35. The van der Waals surface area contributed by atoms with Crippen LogP contribution in [0.5, 0.6) is 5.75 Å². The Kier molecular flexibility index (Phi) is 8.20. The first kappa shape index (κ1) is 27.7. The van der Waals surface area contributed by atoms with Crippen molar-refractivity contribution in [3.8, 4) is 5.75 Å². The van der Waals surface area contributed by atoms with E-state index in [1.54, 1.807) is 13.1 Å². The van der Waals surface area contributed by atoms with Crippen molar-refractivity contribution in [2.45, 2.75) is 70.5 Å². The Morgan fingerprint density at radius 2 is 1.88 bits per heavy atom. The van der Waals surface area contributed by atoms with E-state index in [1.807, 2.05) is 12.1 Å². The van der Waals surface area contributed by atoms with E-state index < -0.39 is 0 Å². The highest BCUT2D eigenvalue weighted by Crippen LogP contribution is 2.38. The molecule has 3 fully saturated rings. The molecular weight excluding hydrogens is 520 g/mol. The molecule has 1 aliphatic carbocycles. The maximum Gasteiger partial charge on any atom is 0.229 e. The minimum absolute atomic E-state index is 0.141. The van der Waals surface area contributed by atoms with Crippen molar-refractivity contribution in [3.05, 3.63) is 35.5 Å². The molecule has 6 rings (SSSR count). The SMILES string of the molecule is CC(=O)/C(C=O)=C(\C)c1cnc(Nc2ccc3c(c2)OC[C@@H]2CN(C4CCOCC4)CCN32)nc1NC1CCCC1. The first-order chi connectivity index (χ1) is 20.0. The third-order valence-electron chi connectivity index (χ3n) is 8.97. The molecule has 3 aliphatic heterocycles. The predicted octanol–water partition coefficient (Wildman–Crippen LogP) is 4.20. The number of Topliss-reactive ketones (excluding diaryl/α,β-unsaturated/α-hetero) is 1. The molecule has 2 saturated heterocycles. The minimum Gasteiger partial charge on any atom is -0.489 e. The third-order valence-corrected chi connectivity index (χ3v) is 8.97. The van der Waals surface area contributed by atoms with Gasteiger partial charge in [-0.1, -0.05) is 12.8 Å². The monoisotopic (exact) mass is 560 g/mol. The van der Waals surface area contributed by atoms with Crippen LogP contribution >= 0.6 is 0 Å². The maximum atomic E-state index is 12.1. The number of nitrogens with one attached hydrogen (secondary N) is 2. The topological polar surface area (TPSA) is 109 Å². The van der Waals surface area contributed by atoms with E-state index in [0.29, 0.717) is 53.9 Å². The molecule has 0 bridgehead atoms. The average molecular weight is 561 g/mol. The Labute approximate surface area is 241 Å². The number of carbonyl (C=O) groups is 2. The van der Waals surface area contributed by atoms with Gasteiger partial charge in [-0.2, -0.15) is 4.98 Å². The number of ketones is 1. The number of fused-ring (bicyclic) bond motifs is 3. The lowest BCUT2D eigenvalue weighted by molar-refractivity contribution is -0.115. The van der Waals surface area contributed by atoms with Crippen molar-refractivity contribution in [1.29, 1.82) is 0 Å². The second-order valence-electron chi connectivity index (χ2n) is 11.6. The Hall–Kier alpha value is -3.50. The first-order valence-corrected chi connectivity index (χ1v) is 14.9. The highest BCUT2D eigenvalue weighted by atomic mass is 16.5. The summed E-state index contributed by atoms with van der Waals surface area (Å²) in [5, 5.41) is 6.89. The molecule has 0 unspecified atom stereocenters. The summed E-state index contributed by atoms with van der Waals surface area (Å²) >= 11 is 0. The highest BCUT2D eigenvalue weighted by molar-refractivity contribution is 6.17. The minimum atomic E-state index is -0.271. The number of hydrogen-bond donors (Lipinski definition) is 2. The van der Waals surface area contributed by atoms with Crippen molar-refractivity contribution in [3.63, 3.8) is 0 Å². The lowest BCUT2D eigenvalue weighted by Gasteiger charge is -2.48. The van der Waals surface area contributed by atoms with Crippen LogP contribution in [0.2, 0.25) is 0 Å². The first-order valence-electron chi connectivity index (χ1n) is 14.9. The number of carbonyl (C=O) groups excluding carboxylic acids is 2. The van der Waals surface area contributed by atoms with Gasteiger partial charge in [-0.15, -0.1) is 0 Å². The molecular formula is C31H40N6O4. The quantitative estimate of drug-likeness (QED) is 0.211. The van der Waals surface area contributed by atoms with E-state index in [2.05, 4.69) is 31.5 Å². The van der Waals surface area contributed by atoms with Crippen LogP contribution in [0.1, 0.15) is 57.9 Å². The molecule has 218 valence electrons. The van der Waals surface area contributed by atoms with Crippen LogP contribution in [0.15, 0.2) is 30.0 Å². The summed E-state index contributed by atoms with van der Waals surface area (Å²) in [7, 11) is 0. The van der Waals surface area contributed by atoms with Gasteiger partial charge in [0.2, 0.25) is 5.95 Å². The molecule has 1 saturated carbocycles. The maximum absolute atomic E-state index is 12.1. The van der Waals surface area contributed by atoms with Crippen molar-refractivity contribution in [2.24, 2.45) is 0 Å². The van der Waals surface area contributed by atoms with E-state index in [0.717, 1.165) is 75.7 Å². The normalized spacial score (nSPS) is 22.3. The van der Waals surface area contributed by atoms with Crippen LogP contribution in [0, 0.1) is 0 Å². The molecule has 1 aromatic heterocycles. The van der Waals surface area contributed by atoms with Crippen LogP contribution in [0.4, 0.5) is 23.1 Å². The Bertz CT molecular complexity index is 1320. The van der Waals surface area contributed by atoms with Crippen molar-refractivity contribution < 1.29 is 19.1 Å². The van der Waals surface area contributed by atoms with Gasteiger partial charge in [0.15, 0.2) is 12.1 Å². The number of rotatable bonds is 8. The zero-order valence-corrected chi connectivity index (χ0v) is 24.0. The number of benzene rings is 1. The van der Waals surface area contributed by atoms with E-state index in [1.165, 1.54) is 19.8 Å². The molecule has 2 N–H and O–H groups in total. The molecule has 10 heteroatoms. The van der Waals surface area contributed by atoms with Crippen LogP contribution in [-0.4, -0.2) is 84.5 Å². The number of anilines is 4. The Morgan fingerprint density at radius 1 is 1.07 bits per heavy atom. The van der Waals surface area contributed by atoms with Gasteiger partial charge in [-0.25, -0.2) is 4.98 Å². The summed E-state index contributed by atoms with van der Waals surface area (Å²) in [4.78, 5) is 38.2. The Balaban J connectivity index is 1.20. The van der Waals surface area contributed by atoms with Crippen LogP contribution in [0.3, 0.4) is 0 Å². The zero-order valence-electron chi connectivity index (χ0n) is 24.0. The van der Waals surface area contributed by atoms with Crippen molar-refractivity contribution >= 4 is 40.8 Å². The number of piperazine rings is 1. The van der Waals surface area contributed by atoms with Gasteiger partial charge in [-0.05, 0) is 57.2 Å². The molecule has 10 nitrogen and oxygen atoms in total. The second kappa shape index (κ2) is 12.2. The number of aromatic nitrogens is 2. The van der Waals surface area contributed by atoms with E-state index in [4.69, 9.17) is 14.5 Å². The summed E-state index contributed by atoms with van der Waals surface area (Å²) in [5.74, 6) is 1.67. The van der Waals surface area contributed by atoms with E-state index in [9.17, 15) is 9.59 Å². The lowest BCUT2D eigenvalue weighted by Crippen LogP contribution is -2.59. The molecule has 0 radical (unpaired) electrons. The van der Waals surface area contributed by atoms with Gasteiger partial charge in [0.25, 0.3) is 0 Å². The smallest absolute Gasteiger partial charge is 0.229 e. The lowest BCUT2D eigenvalue weighted by atomic mass is 10.0. The number of ether oxygens (including phenoxy) is 2. The van der Waals surface area contributed by atoms with Crippen molar-refractivity contribution in [2.75, 3.05) is 55.0 Å². The second-order valence-corrected chi connectivity index (χ2v) is 11.6. The zero-order chi connectivity index (χ0) is 28.3. The fourth-order valence-electron chi connectivity index (χ4n) is 6.65. The fraction of sp³-hybridized carbons (Fsp3) is 0.548. The highest BCUT2D eigenvalue weighted by Gasteiger charge is 2.35. The molecule has 2 aromatic rings. The Morgan fingerprint density at radius 3 is 2.63 bits per heavy atom. The molecule has 0 amide bonds. The van der Waals surface area contributed by atoms with Crippen LogP contribution < -0.4 is 20.3 Å². The van der Waals surface area contributed by atoms with Crippen molar-refractivity contribution in [1.82, 2.24) is 14.9 Å². The van der Waals surface area contributed by atoms with Gasteiger partial charge in [0.05, 0.1) is 17.3 Å². The number of nitrogens with zero attached hydrogens (tertiary/aromatic N) is 4. The summed E-state index contributed by atoms with van der Waals surface area (Å²) in [6.45, 7) is 8.63. The molecule has 4 aliphatic rings. The van der Waals surface area contributed by atoms with Gasteiger partial charge < -0.3 is 25.0 Å². The number of hydrogen-bond acceptors (Lipinski definition) is 10. The molecule has 0 spiro atoms. The molecule has 41 heavy (non-hydrogen) atoms. The largest absolute Gasteiger partial charge is 0.489 e. The predicted molar refractivity (Wildman–Crippen MR) is 159 cm³/mol. The van der Waals surface area contributed by atoms with Gasteiger partial charge >= 0.3 is 0 Å². The van der Waals surface area contributed by atoms with E-state index in [-0.39, 0.29) is 11.4 Å². The molecule has 1 atom stereocenters. The van der Waals surface area contributed by atoms with Gasteiger partial charge in [-0.3, -0.25) is 14.5 Å². The third kappa shape index (κ3) is 5.94. The summed E-state index contributed by atoms with van der Waals surface area (Å²) < 4.78 is 11.8. The fourth-order valence-corrected chi connectivity index (χ4v) is 6.65. The van der Waals surface area contributed by atoms with Gasteiger partial charge in [0.1, 0.15) is 18.2 Å². The van der Waals surface area contributed by atoms with Gasteiger partial charge in [0, 0.05) is 68.4 Å². The van der Waals surface area contributed by atoms with Crippen LogP contribution in [0.25, 0.3) is 5.57 Å². The number of aldehydes is 1.